The SMILES string of the molecule is Cc1ccc(-n2cc(CN(c3ccc(C(O)(C(F)(F)F)C(F)(F)F)cc3)S(=O)(=O)c3ccccc3)nn2)cc1. The third-order valence-electron chi connectivity index (χ3n) is 5.87. The molecule has 4 rings (SSSR count). The van der Waals surface area contributed by atoms with Gasteiger partial charge in [0.25, 0.3) is 15.6 Å². The molecule has 1 N–H and O–H groups in total. The van der Waals surface area contributed by atoms with Crippen molar-refractivity contribution in [3.63, 3.8) is 0 Å². The topological polar surface area (TPSA) is 88.3 Å². The normalized spacial score (nSPS) is 12.9. The Labute approximate surface area is 219 Å². The average Bonchev–Trinajstić information content (AvgIpc) is 3.35. The smallest absolute Gasteiger partial charge is 0.369 e. The number of hydrogen-bond donors (Lipinski definition) is 1. The molecule has 0 aliphatic rings. The molecule has 0 unspecified atom stereocenters. The molecule has 0 radical (unpaired) electrons. The summed E-state index contributed by atoms with van der Waals surface area (Å²) in [6.45, 7) is 1.43. The standard InChI is InChI=1S/C25H20F6N4O3S/c1-17-7-11-20(12-8-17)34-15-19(32-33-34)16-35(39(37,38)22-5-3-2-4-6-22)21-13-9-18(10-14-21)23(36,24(26,27)28)25(29,30)31/h2-15,36H,16H2,1H3. The van der Waals surface area contributed by atoms with Gasteiger partial charge < -0.3 is 5.11 Å². The summed E-state index contributed by atoms with van der Waals surface area (Å²) in [7, 11) is -4.37. The molecule has 0 spiro atoms. The summed E-state index contributed by atoms with van der Waals surface area (Å²) in [6.07, 6.45) is -10.7. The number of alkyl halides is 6. The quantitative estimate of drug-likeness (QED) is 0.306. The number of aliphatic hydroxyl groups is 1. The van der Waals surface area contributed by atoms with Crippen molar-refractivity contribution in [2.45, 2.75) is 36.3 Å². The molecule has 0 fully saturated rings. The molecule has 0 atom stereocenters. The van der Waals surface area contributed by atoms with Crippen LogP contribution in [0.5, 0.6) is 0 Å². The molecular formula is C25H20F6N4O3S. The minimum atomic E-state index is -6.09. The Morgan fingerprint density at radius 1 is 0.846 bits per heavy atom. The minimum Gasteiger partial charge on any atom is -0.369 e. The molecule has 206 valence electrons. The molecule has 14 heteroatoms. The van der Waals surface area contributed by atoms with Crippen LogP contribution in [0.15, 0.2) is 90.0 Å². The van der Waals surface area contributed by atoms with Crippen molar-refractivity contribution in [3.8, 4) is 5.69 Å². The molecular weight excluding hydrogens is 550 g/mol. The van der Waals surface area contributed by atoms with Crippen molar-refractivity contribution in [3.05, 3.63) is 102 Å². The zero-order chi connectivity index (χ0) is 28.6. The first-order valence-corrected chi connectivity index (χ1v) is 12.6. The number of aryl methyl sites for hydroxylation is 1. The van der Waals surface area contributed by atoms with E-state index in [1.807, 2.05) is 19.1 Å². The molecule has 1 aromatic heterocycles. The van der Waals surface area contributed by atoms with Gasteiger partial charge in [-0.1, -0.05) is 53.2 Å². The summed E-state index contributed by atoms with van der Waals surface area (Å²) in [5.41, 5.74) is -5.18. The van der Waals surface area contributed by atoms with E-state index in [0.717, 1.165) is 22.0 Å². The van der Waals surface area contributed by atoms with Gasteiger partial charge in [-0.3, -0.25) is 4.31 Å². The van der Waals surface area contributed by atoms with Gasteiger partial charge in [-0.25, -0.2) is 13.1 Å². The fourth-order valence-electron chi connectivity index (χ4n) is 3.73. The molecule has 1 heterocycles. The first-order chi connectivity index (χ1) is 18.1. The molecule has 0 amide bonds. The van der Waals surface area contributed by atoms with E-state index in [9.17, 15) is 39.9 Å². The number of anilines is 1. The fraction of sp³-hybridized carbons (Fsp3) is 0.200. The lowest BCUT2D eigenvalue weighted by atomic mass is 9.92. The van der Waals surface area contributed by atoms with E-state index in [2.05, 4.69) is 10.3 Å². The van der Waals surface area contributed by atoms with Gasteiger partial charge >= 0.3 is 12.4 Å². The number of aromatic nitrogens is 3. The van der Waals surface area contributed by atoms with Crippen LogP contribution in [0, 0.1) is 6.92 Å². The third kappa shape index (κ3) is 5.34. The Kier molecular flexibility index (Phi) is 7.21. The third-order valence-corrected chi connectivity index (χ3v) is 7.66. The number of nitrogens with zero attached hydrogens (tertiary/aromatic N) is 4. The van der Waals surface area contributed by atoms with Crippen LogP contribution in [0.3, 0.4) is 0 Å². The highest BCUT2D eigenvalue weighted by Gasteiger charge is 2.71. The van der Waals surface area contributed by atoms with Gasteiger partial charge in [0.05, 0.1) is 29.0 Å². The second kappa shape index (κ2) is 10.0. The van der Waals surface area contributed by atoms with Gasteiger partial charge in [0.2, 0.25) is 0 Å². The highest BCUT2D eigenvalue weighted by atomic mass is 32.2. The Balaban J connectivity index is 1.76. The summed E-state index contributed by atoms with van der Waals surface area (Å²) < 4.78 is 109. The van der Waals surface area contributed by atoms with Crippen LogP contribution in [-0.4, -0.2) is 40.9 Å². The maximum Gasteiger partial charge on any atom is 0.430 e. The van der Waals surface area contributed by atoms with Crippen LogP contribution >= 0.6 is 0 Å². The lowest BCUT2D eigenvalue weighted by Crippen LogP contribution is -2.53. The van der Waals surface area contributed by atoms with Crippen LogP contribution in [-0.2, 0) is 22.2 Å². The molecule has 0 aliphatic carbocycles. The van der Waals surface area contributed by atoms with Gasteiger partial charge in [-0.05, 0) is 43.3 Å². The highest BCUT2D eigenvalue weighted by molar-refractivity contribution is 7.92. The first-order valence-electron chi connectivity index (χ1n) is 11.2. The molecule has 0 aliphatic heterocycles. The summed E-state index contributed by atoms with van der Waals surface area (Å²) >= 11 is 0. The van der Waals surface area contributed by atoms with Gasteiger partial charge in [-0.2, -0.15) is 26.3 Å². The molecule has 39 heavy (non-hydrogen) atoms. The number of hydrogen-bond acceptors (Lipinski definition) is 5. The van der Waals surface area contributed by atoms with Gasteiger partial charge in [0.1, 0.15) is 5.69 Å². The van der Waals surface area contributed by atoms with Crippen molar-refractivity contribution in [1.82, 2.24) is 15.0 Å². The van der Waals surface area contributed by atoms with Gasteiger partial charge in [0, 0.05) is 5.56 Å². The van der Waals surface area contributed by atoms with Crippen molar-refractivity contribution < 1.29 is 39.9 Å². The summed E-state index contributed by atoms with van der Waals surface area (Å²) in [4.78, 5) is -0.179. The van der Waals surface area contributed by atoms with E-state index in [1.165, 1.54) is 35.1 Å². The van der Waals surface area contributed by atoms with Crippen LogP contribution < -0.4 is 4.31 Å². The molecule has 3 aromatic carbocycles. The van der Waals surface area contributed by atoms with Crippen LogP contribution in [0.25, 0.3) is 5.69 Å². The van der Waals surface area contributed by atoms with E-state index in [4.69, 9.17) is 0 Å². The predicted molar refractivity (Wildman–Crippen MR) is 128 cm³/mol. The molecule has 0 saturated carbocycles. The Morgan fingerprint density at radius 2 is 1.41 bits per heavy atom. The number of halogens is 6. The number of benzene rings is 3. The highest BCUT2D eigenvalue weighted by Crippen LogP contribution is 2.50. The molecule has 4 aromatic rings. The maximum absolute atomic E-state index is 13.5. The molecule has 0 saturated heterocycles. The van der Waals surface area contributed by atoms with Crippen molar-refractivity contribution >= 4 is 15.7 Å². The first kappa shape index (κ1) is 28.1. The Hall–Kier alpha value is -3.91. The minimum absolute atomic E-state index is 0.140. The van der Waals surface area contributed by atoms with Gasteiger partial charge in [-0.15, -0.1) is 5.10 Å². The van der Waals surface area contributed by atoms with Crippen molar-refractivity contribution in [2.75, 3.05) is 4.31 Å². The second-order valence-corrected chi connectivity index (χ2v) is 10.4. The van der Waals surface area contributed by atoms with Crippen molar-refractivity contribution in [2.24, 2.45) is 0 Å². The van der Waals surface area contributed by atoms with E-state index >= 15 is 0 Å². The van der Waals surface area contributed by atoms with E-state index < -0.39 is 40.1 Å². The zero-order valence-corrected chi connectivity index (χ0v) is 20.8. The predicted octanol–water partition coefficient (Wildman–Crippen LogP) is 5.28. The summed E-state index contributed by atoms with van der Waals surface area (Å²) in [5.74, 6) is 0. The Bertz CT molecular complexity index is 1520. The largest absolute Gasteiger partial charge is 0.430 e. The second-order valence-electron chi connectivity index (χ2n) is 8.57. The monoisotopic (exact) mass is 570 g/mol. The maximum atomic E-state index is 13.5. The fourth-order valence-corrected chi connectivity index (χ4v) is 5.19. The number of rotatable bonds is 7. The van der Waals surface area contributed by atoms with E-state index in [-0.39, 0.29) is 16.3 Å². The van der Waals surface area contributed by atoms with Crippen molar-refractivity contribution in [1.29, 1.82) is 0 Å². The average molecular weight is 571 g/mol. The molecule has 0 bridgehead atoms. The number of sulfonamides is 1. The van der Waals surface area contributed by atoms with Crippen LogP contribution in [0.1, 0.15) is 16.8 Å². The van der Waals surface area contributed by atoms with E-state index in [0.29, 0.717) is 17.8 Å². The summed E-state index contributed by atoms with van der Waals surface area (Å²) in [6, 6.07) is 16.5. The molecule has 7 nitrogen and oxygen atoms in total. The van der Waals surface area contributed by atoms with Crippen LogP contribution in [0.4, 0.5) is 32.0 Å². The lowest BCUT2D eigenvalue weighted by Gasteiger charge is -2.33. The van der Waals surface area contributed by atoms with Gasteiger partial charge in [0.15, 0.2) is 0 Å². The Morgan fingerprint density at radius 3 is 1.95 bits per heavy atom. The lowest BCUT2D eigenvalue weighted by molar-refractivity contribution is -0.376. The van der Waals surface area contributed by atoms with E-state index in [1.54, 1.807) is 18.2 Å². The van der Waals surface area contributed by atoms with Crippen LogP contribution in [0.2, 0.25) is 0 Å². The zero-order valence-electron chi connectivity index (χ0n) is 20.0. The summed E-state index contributed by atoms with van der Waals surface area (Å²) in [5, 5.41) is 17.6.